The van der Waals surface area contributed by atoms with Gasteiger partial charge in [0.2, 0.25) is 5.91 Å². The summed E-state index contributed by atoms with van der Waals surface area (Å²) in [6.45, 7) is 6.64. The van der Waals surface area contributed by atoms with Crippen molar-refractivity contribution in [2.45, 2.75) is 33.6 Å². The first-order valence-corrected chi connectivity index (χ1v) is 8.83. The third-order valence-corrected chi connectivity index (χ3v) is 3.83. The van der Waals surface area contributed by atoms with Gasteiger partial charge in [0.25, 0.3) is 0 Å². The molecule has 0 saturated heterocycles. The Morgan fingerprint density at radius 2 is 1.54 bits per heavy atom. The minimum Gasteiger partial charge on any atom is -0.490 e. The van der Waals surface area contributed by atoms with Crippen molar-refractivity contribution in [3.63, 3.8) is 0 Å². The molecule has 0 spiro atoms. The molecule has 0 aromatic heterocycles. The molecule has 138 valence electrons. The number of para-hydroxylation sites is 1. The number of aryl methyl sites for hydroxylation is 1. The van der Waals surface area contributed by atoms with Gasteiger partial charge in [-0.25, -0.2) is 0 Å². The number of carbonyl (C=O) groups excluding carboxylic acids is 2. The lowest BCUT2D eigenvalue weighted by molar-refractivity contribution is -0.116. The van der Waals surface area contributed by atoms with Gasteiger partial charge in [0, 0.05) is 24.1 Å². The Labute approximate surface area is 154 Å². The van der Waals surface area contributed by atoms with Crippen molar-refractivity contribution in [3.8, 4) is 11.5 Å². The molecule has 5 nitrogen and oxygen atoms in total. The Kier molecular flexibility index (Phi) is 7.21. The molecular formula is C21H25NO4. The molecule has 0 saturated carbocycles. The number of anilines is 1. The van der Waals surface area contributed by atoms with E-state index in [2.05, 4.69) is 5.32 Å². The van der Waals surface area contributed by atoms with Crippen LogP contribution in [0.4, 0.5) is 5.69 Å². The fraction of sp³-hybridized carbons (Fsp3) is 0.333. The van der Waals surface area contributed by atoms with Crippen LogP contribution in [-0.4, -0.2) is 24.9 Å². The summed E-state index contributed by atoms with van der Waals surface area (Å²) in [5, 5.41) is 2.79. The molecule has 1 N–H and O–H groups in total. The summed E-state index contributed by atoms with van der Waals surface area (Å²) in [7, 11) is 0. The van der Waals surface area contributed by atoms with E-state index in [0.29, 0.717) is 30.3 Å². The monoisotopic (exact) mass is 355 g/mol. The van der Waals surface area contributed by atoms with Crippen molar-refractivity contribution < 1.29 is 19.1 Å². The molecule has 0 bridgehead atoms. The number of amides is 1. The van der Waals surface area contributed by atoms with Crippen LogP contribution in [0.25, 0.3) is 0 Å². The number of ketones is 1. The van der Waals surface area contributed by atoms with Crippen molar-refractivity contribution in [1.29, 1.82) is 0 Å². The summed E-state index contributed by atoms with van der Waals surface area (Å²) in [5.74, 6) is 0.912. The van der Waals surface area contributed by atoms with Crippen molar-refractivity contribution in [1.82, 2.24) is 0 Å². The molecule has 0 fully saturated rings. The Bertz CT molecular complexity index is 756. The first kappa shape index (κ1) is 19.5. The predicted octanol–water partition coefficient (Wildman–Crippen LogP) is 4.39. The first-order valence-electron chi connectivity index (χ1n) is 8.83. The van der Waals surface area contributed by atoms with Crippen LogP contribution >= 0.6 is 0 Å². The van der Waals surface area contributed by atoms with E-state index in [1.165, 1.54) is 0 Å². The topological polar surface area (TPSA) is 64.6 Å². The normalized spacial score (nSPS) is 10.3. The van der Waals surface area contributed by atoms with Crippen LogP contribution in [0.5, 0.6) is 11.5 Å². The van der Waals surface area contributed by atoms with Gasteiger partial charge in [-0.2, -0.15) is 0 Å². The standard InChI is InChI=1S/C21H25NO4/c1-4-25-19-13-15(3)17(14-20(19)26-5-2)18(23)11-12-21(24)22-16-9-7-6-8-10-16/h6-10,13-14H,4-5,11-12H2,1-3H3,(H,22,24). The Morgan fingerprint density at radius 3 is 2.15 bits per heavy atom. The molecule has 26 heavy (non-hydrogen) atoms. The van der Waals surface area contributed by atoms with Gasteiger partial charge >= 0.3 is 0 Å². The number of rotatable bonds is 9. The SMILES string of the molecule is CCOc1cc(C)c(C(=O)CCC(=O)Nc2ccccc2)cc1OCC. The molecule has 5 heteroatoms. The summed E-state index contributed by atoms with van der Waals surface area (Å²) in [6, 6.07) is 12.7. The zero-order chi connectivity index (χ0) is 18.9. The molecule has 2 aromatic rings. The molecule has 0 aliphatic carbocycles. The molecule has 0 heterocycles. The summed E-state index contributed by atoms with van der Waals surface area (Å²) < 4.78 is 11.2. The Hall–Kier alpha value is -2.82. The Balaban J connectivity index is 2.04. The molecular weight excluding hydrogens is 330 g/mol. The van der Waals surface area contributed by atoms with Crippen molar-refractivity contribution in [2.24, 2.45) is 0 Å². The van der Waals surface area contributed by atoms with Crippen LogP contribution in [0, 0.1) is 6.92 Å². The highest BCUT2D eigenvalue weighted by molar-refractivity contribution is 6.01. The van der Waals surface area contributed by atoms with E-state index >= 15 is 0 Å². The van der Waals surface area contributed by atoms with Crippen LogP contribution in [0.3, 0.4) is 0 Å². The highest BCUT2D eigenvalue weighted by atomic mass is 16.5. The molecule has 2 rings (SSSR count). The van der Waals surface area contributed by atoms with Gasteiger partial charge in [-0.05, 0) is 50.6 Å². The lowest BCUT2D eigenvalue weighted by Crippen LogP contribution is -2.14. The summed E-state index contributed by atoms with van der Waals surface area (Å²) in [6.07, 6.45) is 0.267. The van der Waals surface area contributed by atoms with Crippen LogP contribution in [0.1, 0.15) is 42.6 Å². The van der Waals surface area contributed by atoms with Crippen LogP contribution in [0.15, 0.2) is 42.5 Å². The van der Waals surface area contributed by atoms with Gasteiger partial charge in [0.05, 0.1) is 13.2 Å². The largest absolute Gasteiger partial charge is 0.490 e. The van der Waals surface area contributed by atoms with Gasteiger partial charge in [0.1, 0.15) is 0 Å². The first-order chi connectivity index (χ1) is 12.5. The number of carbonyl (C=O) groups is 2. The molecule has 0 atom stereocenters. The lowest BCUT2D eigenvalue weighted by atomic mass is 10.0. The number of hydrogen-bond acceptors (Lipinski definition) is 4. The van der Waals surface area contributed by atoms with E-state index in [1.807, 2.05) is 57.2 Å². The average Bonchev–Trinajstić information content (AvgIpc) is 2.63. The quantitative estimate of drug-likeness (QED) is 0.677. The fourth-order valence-electron chi connectivity index (χ4n) is 2.61. The van der Waals surface area contributed by atoms with Crippen LogP contribution in [-0.2, 0) is 4.79 Å². The molecule has 0 aliphatic heterocycles. The minimum absolute atomic E-state index is 0.0882. The van der Waals surface area contributed by atoms with Gasteiger partial charge < -0.3 is 14.8 Å². The summed E-state index contributed by atoms with van der Waals surface area (Å²) >= 11 is 0. The van der Waals surface area contributed by atoms with E-state index < -0.39 is 0 Å². The van der Waals surface area contributed by atoms with Gasteiger partial charge in [-0.15, -0.1) is 0 Å². The number of benzene rings is 2. The summed E-state index contributed by atoms with van der Waals surface area (Å²) in [5.41, 5.74) is 2.09. The van der Waals surface area contributed by atoms with E-state index in [4.69, 9.17) is 9.47 Å². The molecule has 0 aliphatic rings. The second-order valence-electron chi connectivity index (χ2n) is 5.82. The van der Waals surface area contributed by atoms with E-state index in [9.17, 15) is 9.59 Å². The molecule has 2 aromatic carbocycles. The van der Waals surface area contributed by atoms with E-state index in [0.717, 1.165) is 11.3 Å². The van der Waals surface area contributed by atoms with Crippen molar-refractivity contribution in [3.05, 3.63) is 53.6 Å². The smallest absolute Gasteiger partial charge is 0.224 e. The number of Topliss-reactive ketones (excluding diaryl/α,β-unsaturated/α-hetero) is 1. The molecule has 0 unspecified atom stereocenters. The highest BCUT2D eigenvalue weighted by Gasteiger charge is 2.16. The van der Waals surface area contributed by atoms with Gasteiger partial charge in [0.15, 0.2) is 17.3 Å². The third-order valence-electron chi connectivity index (χ3n) is 3.83. The van der Waals surface area contributed by atoms with Crippen molar-refractivity contribution >= 4 is 17.4 Å². The zero-order valence-corrected chi connectivity index (χ0v) is 15.5. The average molecular weight is 355 g/mol. The maximum absolute atomic E-state index is 12.6. The predicted molar refractivity (Wildman–Crippen MR) is 102 cm³/mol. The molecule has 1 amide bonds. The maximum atomic E-state index is 12.6. The zero-order valence-electron chi connectivity index (χ0n) is 15.5. The Morgan fingerprint density at radius 1 is 0.923 bits per heavy atom. The van der Waals surface area contributed by atoms with Gasteiger partial charge in [-0.3, -0.25) is 9.59 Å². The second-order valence-corrected chi connectivity index (χ2v) is 5.82. The second kappa shape index (κ2) is 9.61. The van der Waals surface area contributed by atoms with Crippen molar-refractivity contribution in [2.75, 3.05) is 18.5 Å². The van der Waals surface area contributed by atoms with E-state index in [1.54, 1.807) is 6.07 Å². The van der Waals surface area contributed by atoms with Gasteiger partial charge in [-0.1, -0.05) is 18.2 Å². The summed E-state index contributed by atoms with van der Waals surface area (Å²) in [4.78, 5) is 24.6. The fourth-order valence-corrected chi connectivity index (χ4v) is 2.61. The highest BCUT2D eigenvalue weighted by Crippen LogP contribution is 2.31. The third kappa shape index (κ3) is 5.34. The van der Waals surface area contributed by atoms with Crippen LogP contribution < -0.4 is 14.8 Å². The molecule has 0 radical (unpaired) electrons. The maximum Gasteiger partial charge on any atom is 0.224 e. The van der Waals surface area contributed by atoms with E-state index in [-0.39, 0.29) is 24.5 Å². The number of hydrogen-bond donors (Lipinski definition) is 1. The minimum atomic E-state index is -0.182. The number of ether oxygens (including phenoxy) is 2. The number of nitrogens with one attached hydrogen (secondary N) is 1. The lowest BCUT2D eigenvalue weighted by Gasteiger charge is -2.14. The van der Waals surface area contributed by atoms with Crippen LogP contribution in [0.2, 0.25) is 0 Å².